The van der Waals surface area contributed by atoms with Crippen LogP contribution in [0.1, 0.15) is 26.7 Å². The van der Waals surface area contributed by atoms with Crippen molar-refractivity contribution in [3.63, 3.8) is 0 Å². The van der Waals surface area contributed by atoms with Crippen molar-refractivity contribution in [1.29, 1.82) is 0 Å². The highest BCUT2D eigenvalue weighted by Crippen LogP contribution is 2.06. The zero-order valence-corrected chi connectivity index (χ0v) is 10.5. The standard InChI is InChI=1S/C10H20N2O3S/c1-7(2)12-9(13)4-6-16-5-3-8(11)10(14)15/h7-8H,3-6,11H2,1-2H3,(H,12,13)(H,14,15). The quantitative estimate of drug-likeness (QED) is 0.542. The third kappa shape index (κ3) is 8.55. The molecule has 0 spiro atoms. The summed E-state index contributed by atoms with van der Waals surface area (Å²) < 4.78 is 0. The maximum atomic E-state index is 11.2. The van der Waals surface area contributed by atoms with Gasteiger partial charge < -0.3 is 16.2 Å². The summed E-state index contributed by atoms with van der Waals surface area (Å²) in [6.07, 6.45) is 0.900. The molecule has 0 aliphatic heterocycles. The Hall–Kier alpha value is -0.750. The first-order chi connectivity index (χ1) is 7.43. The lowest BCUT2D eigenvalue weighted by Crippen LogP contribution is -2.31. The third-order valence-corrected chi connectivity index (χ3v) is 2.83. The lowest BCUT2D eigenvalue weighted by molar-refractivity contribution is -0.138. The number of nitrogens with two attached hydrogens (primary N) is 1. The molecule has 0 heterocycles. The highest BCUT2D eigenvalue weighted by Gasteiger charge is 2.10. The van der Waals surface area contributed by atoms with Crippen LogP contribution < -0.4 is 11.1 Å². The summed E-state index contributed by atoms with van der Waals surface area (Å²) >= 11 is 1.55. The molecule has 0 aromatic heterocycles. The van der Waals surface area contributed by atoms with E-state index in [1.165, 1.54) is 0 Å². The van der Waals surface area contributed by atoms with Crippen LogP contribution in [0.3, 0.4) is 0 Å². The molecule has 0 saturated carbocycles. The molecule has 0 saturated heterocycles. The van der Waals surface area contributed by atoms with Crippen molar-refractivity contribution in [1.82, 2.24) is 5.32 Å². The maximum Gasteiger partial charge on any atom is 0.320 e. The minimum Gasteiger partial charge on any atom is -0.480 e. The summed E-state index contributed by atoms with van der Waals surface area (Å²) in [6.45, 7) is 3.83. The molecule has 5 nitrogen and oxygen atoms in total. The molecule has 1 amide bonds. The van der Waals surface area contributed by atoms with E-state index in [0.717, 1.165) is 0 Å². The summed E-state index contributed by atoms with van der Waals surface area (Å²) in [5.41, 5.74) is 5.33. The minimum atomic E-state index is -0.974. The highest BCUT2D eigenvalue weighted by atomic mass is 32.2. The van der Waals surface area contributed by atoms with Crippen LogP contribution in [0.15, 0.2) is 0 Å². The van der Waals surface area contributed by atoms with Crippen molar-refractivity contribution < 1.29 is 14.7 Å². The van der Waals surface area contributed by atoms with Gasteiger partial charge in [-0.05, 0) is 26.0 Å². The van der Waals surface area contributed by atoms with E-state index >= 15 is 0 Å². The van der Waals surface area contributed by atoms with Crippen LogP contribution in [0.4, 0.5) is 0 Å². The second kappa shape index (κ2) is 8.41. The van der Waals surface area contributed by atoms with E-state index in [2.05, 4.69) is 5.32 Å². The monoisotopic (exact) mass is 248 g/mol. The van der Waals surface area contributed by atoms with Crippen LogP contribution in [-0.2, 0) is 9.59 Å². The van der Waals surface area contributed by atoms with Gasteiger partial charge in [-0.3, -0.25) is 9.59 Å². The number of carbonyl (C=O) groups excluding carboxylic acids is 1. The molecule has 0 aliphatic rings. The van der Waals surface area contributed by atoms with Gasteiger partial charge in [0.05, 0.1) is 0 Å². The number of nitrogens with one attached hydrogen (secondary N) is 1. The van der Waals surface area contributed by atoms with Crippen molar-refractivity contribution >= 4 is 23.6 Å². The van der Waals surface area contributed by atoms with Gasteiger partial charge >= 0.3 is 5.97 Å². The highest BCUT2D eigenvalue weighted by molar-refractivity contribution is 7.99. The minimum absolute atomic E-state index is 0.0324. The van der Waals surface area contributed by atoms with E-state index in [-0.39, 0.29) is 11.9 Å². The fourth-order valence-corrected chi connectivity index (χ4v) is 1.95. The molecule has 0 bridgehead atoms. The summed E-state index contributed by atoms with van der Waals surface area (Å²) in [4.78, 5) is 21.6. The van der Waals surface area contributed by atoms with E-state index in [1.807, 2.05) is 13.8 Å². The second-order valence-corrected chi connectivity index (χ2v) is 5.04. The first kappa shape index (κ1) is 15.2. The van der Waals surface area contributed by atoms with Crippen LogP contribution in [0.5, 0.6) is 0 Å². The molecule has 0 aliphatic carbocycles. The fourth-order valence-electron chi connectivity index (χ4n) is 0.995. The first-order valence-electron chi connectivity index (χ1n) is 5.29. The second-order valence-electron chi connectivity index (χ2n) is 3.82. The molecule has 4 N–H and O–H groups in total. The average molecular weight is 248 g/mol. The zero-order valence-electron chi connectivity index (χ0n) is 9.73. The predicted molar refractivity (Wildman–Crippen MR) is 65.4 cm³/mol. The molecule has 0 fully saturated rings. The van der Waals surface area contributed by atoms with E-state index in [4.69, 9.17) is 10.8 Å². The number of carbonyl (C=O) groups is 2. The summed E-state index contributed by atoms with van der Waals surface area (Å²) in [5, 5.41) is 11.3. The Morgan fingerprint density at radius 1 is 1.38 bits per heavy atom. The molecular weight excluding hydrogens is 228 g/mol. The van der Waals surface area contributed by atoms with Crippen molar-refractivity contribution in [2.45, 2.75) is 38.8 Å². The van der Waals surface area contributed by atoms with Gasteiger partial charge in [0.25, 0.3) is 0 Å². The predicted octanol–water partition coefficient (Wildman–Crippen LogP) is 0.436. The van der Waals surface area contributed by atoms with Crippen LogP contribution in [0, 0.1) is 0 Å². The van der Waals surface area contributed by atoms with E-state index in [0.29, 0.717) is 24.3 Å². The Morgan fingerprint density at radius 3 is 2.50 bits per heavy atom. The van der Waals surface area contributed by atoms with E-state index < -0.39 is 12.0 Å². The van der Waals surface area contributed by atoms with Crippen LogP contribution >= 0.6 is 11.8 Å². The largest absolute Gasteiger partial charge is 0.480 e. The summed E-state index contributed by atoms with van der Waals surface area (Å²) in [5.74, 6) is 0.427. The van der Waals surface area contributed by atoms with Crippen molar-refractivity contribution in [3.8, 4) is 0 Å². The lowest BCUT2D eigenvalue weighted by Gasteiger charge is -2.08. The molecule has 0 radical (unpaired) electrons. The molecular formula is C10H20N2O3S. The van der Waals surface area contributed by atoms with Gasteiger partial charge in [0.2, 0.25) is 5.91 Å². The van der Waals surface area contributed by atoms with Gasteiger partial charge in [-0.15, -0.1) is 0 Å². The van der Waals surface area contributed by atoms with Crippen molar-refractivity contribution in [3.05, 3.63) is 0 Å². The number of hydrogen-bond acceptors (Lipinski definition) is 4. The molecule has 1 atom stereocenters. The molecule has 6 heteroatoms. The normalized spacial score (nSPS) is 12.5. The van der Waals surface area contributed by atoms with E-state index in [9.17, 15) is 9.59 Å². The van der Waals surface area contributed by atoms with E-state index in [1.54, 1.807) is 11.8 Å². The number of thioether (sulfide) groups is 1. The molecule has 1 unspecified atom stereocenters. The molecule has 16 heavy (non-hydrogen) atoms. The fraction of sp³-hybridized carbons (Fsp3) is 0.800. The van der Waals surface area contributed by atoms with Gasteiger partial charge in [-0.25, -0.2) is 0 Å². The number of carboxylic acids is 1. The Bertz CT molecular complexity index is 234. The third-order valence-electron chi connectivity index (χ3n) is 1.81. The molecule has 0 aromatic rings. The SMILES string of the molecule is CC(C)NC(=O)CCSCCC(N)C(=O)O. The van der Waals surface area contributed by atoms with Gasteiger partial charge in [0.1, 0.15) is 6.04 Å². The van der Waals surface area contributed by atoms with Crippen LogP contribution in [0.25, 0.3) is 0 Å². The zero-order chi connectivity index (χ0) is 12.6. The Balaban J connectivity index is 3.40. The number of amides is 1. The van der Waals surface area contributed by atoms with Crippen LogP contribution in [-0.4, -0.2) is 40.6 Å². The number of carboxylic acid groups (broad SMARTS) is 1. The molecule has 0 rings (SSSR count). The Kier molecular flexibility index (Phi) is 8.01. The van der Waals surface area contributed by atoms with Crippen LogP contribution in [0.2, 0.25) is 0 Å². The molecule has 94 valence electrons. The first-order valence-corrected chi connectivity index (χ1v) is 6.44. The van der Waals surface area contributed by atoms with Gasteiger partial charge in [0.15, 0.2) is 0 Å². The lowest BCUT2D eigenvalue weighted by atomic mass is 10.2. The average Bonchev–Trinajstić information content (AvgIpc) is 2.15. The topological polar surface area (TPSA) is 92.4 Å². The van der Waals surface area contributed by atoms with Gasteiger partial charge in [-0.2, -0.15) is 11.8 Å². The Labute approximate surface area is 100 Å². The molecule has 0 aromatic carbocycles. The van der Waals surface area contributed by atoms with Crippen molar-refractivity contribution in [2.24, 2.45) is 5.73 Å². The summed E-state index contributed by atoms with van der Waals surface area (Å²) in [6, 6.07) is -0.630. The van der Waals surface area contributed by atoms with Gasteiger partial charge in [-0.1, -0.05) is 0 Å². The Morgan fingerprint density at radius 2 is 2.00 bits per heavy atom. The smallest absolute Gasteiger partial charge is 0.320 e. The number of hydrogen-bond donors (Lipinski definition) is 3. The summed E-state index contributed by atoms with van der Waals surface area (Å²) in [7, 11) is 0. The maximum absolute atomic E-state index is 11.2. The van der Waals surface area contributed by atoms with Gasteiger partial charge in [0, 0.05) is 18.2 Å². The number of aliphatic carboxylic acids is 1. The number of rotatable bonds is 8. The van der Waals surface area contributed by atoms with Crippen molar-refractivity contribution in [2.75, 3.05) is 11.5 Å².